The summed E-state index contributed by atoms with van der Waals surface area (Å²) in [6.45, 7) is 0.821. The van der Waals surface area contributed by atoms with Gasteiger partial charge in [-0.2, -0.15) is 5.10 Å². The average molecular weight is 446 g/mol. The summed E-state index contributed by atoms with van der Waals surface area (Å²) >= 11 is 0. The third-order valence-electron chi connectivity index (χ3n) is 5.04. The zero-order chi connectivity index (χ0) is 22.6. The van der Waals surface area contributed by atoms with Crippen molar-refractivity contribution >= 4 is 15.7 Å². The standard InChI is InChI=1S/C25H23N3O3S/c1-32(30,31)23-15-9-8-14-22(23)25(29)26-16-21-18-28(17-19-10-4-2-5-11-19)27-24(21)20-12-6-3-7-13-20/h2-15,18H,16-17H2,1H3,(H,26,29). The molecule has 1 N–H and O–H groups in total. The number of hydrogen-bond acceptors (Lipinski definition) is 4. The topological polar surface area (TPSA) is 81.1 Å². The molecule has 0 unspecified atom stereocenters. The molecular weight excluding hydrogens is 422 g/mol. The summed E-state index contributed by atoms with van der Waals surface area (Å²) in [6, 6.07) is 26.0. The van der Waals surface area contributed by atoms with Crippen LogP contribution in [0.4, 0.5) is 0 Å². The summed E-state index contributed by atoms with van der Waals surface area (Å²) in [6.07, 6.45) is 3.01. The van der Waals surface area contributed by atoms with Crippen molar-refractivity contribution in [3.63, 3.8) is 0 Å². The van der Waals surface area contributed by atoms with E-state index in [1.807, 2.05) is 71.5 Å². The summed E-state index contributed by atoms with van der Waals surface area (Å²) in [7, 11) is -3.52. The number of sulfone groups is 1. The highest BCUT2D eigenvalue weighted by molar-refractivity contribution is 7.90. The lowest BCUT2D eigenvalue weighted by Crippen LogP contribution is -2.24. The fourth-order valence-electron chi connectivity index (χ4n) is 3.53. The molecule has 1 heterocycles. The van der Waals surface area contributed by atoms with Gasteiger partial charge in [-0.15, -0.1) is 0 Å². The molecule has 0 radical (unpaired) electrons. The van der Waals surface area contributed by atoms with Gasteiger partial charge in [-0.3, -0.25) is 9.48 Å². The fourth-order valence-corrected chi connectivity index (χ4v) is 4.42. The van der Waals surface area contributed by atoms with Crippen LogP contribution in [0.3, 0.4) is 0 Å². The van der Waals surface area contributed by atoms with Crippen LogP contribution in [-0.4, -0.2) is 30.4 Å². The summed E-state index contributed by atoms with van der Waals surface area (Å²) in [5.41, 5.74) is 3.82. The van der Waals surface area contributed by atoms with Crippen molar-refractivity contribution < 1.29 is 13.2 Å². The molecule has 0 aliphatic rings. The van der Waals surface area contributed by atoms with Crippen LogP contribution in [-0.2, 0) is 22.9 Å². The van der Waals surface area contributed by atoms with E-state index >= 15 is 0 Å². The number of rotatable bonds is 7. The van der Waals surface area contributed by atoms with Gasteiger partial charge in [0.15, 0.2) is 9.84 Å². The number of benzene rings is 3. The molecular formula is C25H23N3O3S. The summed E-state index contributed by atoms with van der Waals surface area (Å²) in [5, 5.41) is 7.61. The fraction of sp³-hybridized carbons (Fsp3) is 0.120. The van der Waals surface area contributed by atoms with E-state index < -0.39 is 15.7 Å². The predicted octanol–water partition coefficient (Wildman–Crippen LogP) is 3.93. The van der Waals surface area contributed by atoms with Gasteiger partial charge in [0.1, 0.15) is 0 Å². The molecule has 0 saturated heterocycles. The minimum Gasteiger partial charge on any atom is -0.348 e. The molecule has 6 nitrogen and oxygen atoms in total. The van der Waals surface area contributed by atoms with E-state index in [0.717, 1.165) is 28.6 Å². The average Bonchev–Trinajstić information content (AvgIpc) is 3.20. The molecule has 0 fully saturated rings. The quantitative estimate of drug-likeness (QED) is 0.467. The number of nitrogens with one attached hydrogen (secondary N) is 1. The highest BCUT2D eigenvalue weighted by Crippen LogP contribution is 2.23. The maximum atomic E-state index is 12.8. The molecule has 0 aliphatic heterocycles. The van der Waals surface area contributed by atoms with Gasteiger partial charge in [0.25, 0.3) is 5.91 Å². The van der Waals surface area contributed by atoms with Gasteiger partial charge in [0.2, 0.25) is 0 Å². The zero-order valence-electron chi connectivity index (χ0n) is 17.6. The van der Waals surface area contributed by atoms with Crippen molar-refractivity contribution in [2.45, 2.75) is 18.0 Å². The molecule has 32 heavy (non-hydrogen) atoms. The van der Waals surface area contributed by atoms with Crippen molar-refractivity contribution in [3.8, 4) is 11.3 Å². The third-order valence-corrected chi connectivity index (χ3v) is 6.20. The van der Waals surface area contributed by atoms with E-state index in [9.17, 15) is 13.2 Å². The van der Waals surface area contributed by atoms with E-state index in [4.69, 9.17) is 5.10 Å². The molecule has 7 heteroatoms. The van der Waals surface area contributed by atoms with E-state index in [2.05, 4.69) is 5.32 Å². The lowest BCUT2D eigenvalue weighted by atomic mass is 10.1. The van der Waals surface area contributed by atoms with Gasteiger partial charge in [-0.1, -0.05) is 72.8 Å². The smallest absolute Gasteiger partial charge is 0.252 e. The molecule has 0 saturated carbocycles. The molecule has 3 aromatic carbocycles. The van der Waals surface area contributed by atoms with Gasteiger partial charge in [0, 0.05) is 30.1 Å². The second-order valence-electron chi connectivity index (χ2n) is 7.50. The van der Waals surface area contributed by atoms with Crippen LogP contribution in [0.1, 0.15) is 21.5 Å². The van der Waals surface area contributed by atoms with Crippen molar-refractivity contribution in [1.29, 1.82) is 0 Å². The SMILES string of the molecule is CS(=O)(=O)c1ccccc1C(=O)NCc1cn(Cc2ccccc2)nc1-c1ccccc1. The minimum atomic E-state index is -3.52. The first-order valence-corrected chi connectivity index (χ1v) is 12.0. The lowest BCUT2D eigenvalue weighted by molar-refractivity contribution is 0.0947. The molecule has 1 amide bonds. The molecule has 0 bridgehead atoms. The van der Waals surface area contributed by atoms with Crippen LogP contribution in [0.2, 0.25) is 0 Å². The van der Waals surface area contributed by atoms with Crippen LogP contribution in [0.5, 0.6) is 0 Å². The number of nitrogens with zero attached hydrogens (tertiary/aromatic N) is 2. The van der Waals surface area contributed by atoms with Crippen molar-refractivity contribution in [2.24, 2.45) is 0 Å². The molecule has 0 aliphatic carbocycles. The Bertz CT molecular complexity index is 1330. The summed E-state index contributed by atoms with van der Waals surface area (Å²) in [4.78, 5) is 12.8. The number of carbonyl (C=O) groups excluding carboxylic acids is 1. The first-order chi connectivity index (χ1) is 15.4. The van der Waals surface area contributed by atoms with Gasteiger partial charge < -0.3 is 5.32 Å². The third kappa shape index (κ3) is 4.95. The Labute approximate surface area is 187 Å². The monoisotopic (exact) mass is 445 g/mol. The van der Waals surface area contributed by atoms with E-state index in [1.54, 1.807) is 12.1 Å². The molecule has 1 aromatic heterocycles. The van der Waals surface area contributed by atoms with Crippen LogP contribution in [0, 0.1) is 0 Å². The second kappa shape index (κ2) is 9.20. The van der Waals surface area contributed by atoms with E-state index in [0.29, 0.717) is 6.54 Å². The second-order valence-corrected chi connectivity index (χ2v) is 9.49. The van der Waals surface area contributed by atoms with Crippen molar-refractivity contribution in [1.82, 2.24) is 15.1 Å². The van der Waals surface area contributed by atoms with Crippen LogP contribution >= 0.6 is 0 Å². The minimum absolute atomic E-state index is 0.0144. The summed E-state index contributed by atoms with van der Waals surface area (Å²) in [5.74, 6) is -0.444. The number of carbonyl (C=O) groups is 1. The maximum absolute atomic E-state index is 12.8. The number of aromatic nitrogens is 2. The Morgan fingerprint density at radius 1 is 0.906 bits per heavy atom. The number of amides is 1. The molecule has 4 aromatic rings. The summed E-state index contributed by atoms with van der Waals surface area (Å²) < 4.78 is 26.0. The van der Waals surface area contributed by atoms with Crippen LogP contribution < -0.4 is 5.32 Å². The highest BCUT2D eigenvalue weighted by atomic mass is 32.2. The molecule has 0 spiro atoms. The highest BCUT2D eigenvalue weighted by Gasteiger charge is 2.19. The zero-order valence-corrected chi connectivity index (χ0v) is 18.4. The van der Waals surface area contributed by atoms with Gasteiger partial charge in [0.05, 0.1) is 22.7 Å². The molecule has 162 valence electrons. The normalized spacial score (nSPS) is 11.3. The van der Waals surface area contributed by atoms with E-state index in [-0.39, 0.29) is 17.0 Å². The largest absolute Gasteiger partial charge is 0.348 e. The maximum Gasteiger partial charge on any atom is 0.252 e. The molecule has 4 rings (SSSR count). The van der Waals surface area contributed by atoms with Crippen LogP contribution in [0.15, 0.2) is 96.0 Å². The predicted molar refractivity (Wildman–Crippen MR) is 124 cm³/mol. The van der Waals surface area contributed by atoms with Gasteiger partial charge in [-0.25, -0.2) is 8.42 Å². The first kappa shape index (κ1) is 21.5. The Morgan fingerprint density at radius 2 is 1.53 bits per heavy atom. The Balaban J connectivity index is 1.61. The van der Waals surface area contributed by atoms with Crippen molar-refractivity contribution in [2.75, 3.05) is 6.26 Å². The van der Waals surface area contributed by atoms with Gasteiger partial charge in [-0.05, 0) is 17.7 Å². The van der Waals surface area contributed by atoms with Gasteiger partial charge >= 0.3 is 0 Å². The Hall–Kier alpha value is -3.71. The van der Waals surface area contributed by atoms with E-state index in [1.165, 1.54) is 12.1 Å². The van der Waals surface area contributed by atoms with Crippen molar-refractivity contribution in [3.05, 3.63) is 108 Å². The lowest BCUT2D eigenvalue weighted by Gasteiger charge is -2.09. The Morgan fingerprint density at radius 3 is 2.22 bits per heavy atom. The first-order valence-electron chi connectivity index (χ1n) is 10.1. The Kier molecular flexibility index (Phi) is 6.18. The number of hydrogen-bond donors (Lipinski definition) is 1. The molecule has 0 atom stereocenters. The van der Waals surface area contributed by atoms with Crippen LogP contribution in [0.25, 0.3) is 11.3 Å².